The largest absolute Gasteiger partial charge is 0.423 e. The highest BCUT2D eigenvalue weighted by Crippen LogP contribution is 2.33. The Hall–Kier alpha value is -3.78. The first-order chi connectivity index (χ1) is 15.4. The van der Waals surface area contributed by atoms with Crippen molar-refractivity contribution in [3.05, 3.63) is 106 Å². The second-order valence-corrected chi connectivity index (χ2v) is 7.82. The molecule has 0 aliphatic carbocycles. The first-order valence-corrected chi connectivity index (χ1v) is 10.3. The number of rotatable bonds is 5. The average Bonchev–Trinajstić information content (AvgIpc) is 3.04. The summed E-state index contributed by atoms with van der Waals surface area (Å²) in [6.07, 6.45) is 1.54. The van der Waals surface area contributed by atoms with Crippen molar-refractivity contribution in [2.24, 2.45) is 0 Å². The first kappa shape index (κ1) is 21.5. The number of imide groups is 1. The van der Waals surface area contributed by atoms with E-state index >= 15 is 0 Å². The predicted octanol–water partition coefficient (Wildman–Crippen LogP) is 5.42. The highest BCUT2D eigenvalue weighted by atomic mass is 32.2. The number of carbonyl (C=O) groups excluding carboxylic acids is 3. The maximum Gasteiger partial charge on any atom is 0.343 e. The summed E-state index contributed by atoms with van der Waals surface area (Å²) in [5, 5.41) is -0.477. The van der Waals surface area contributed by atoms with E-state index in [9.17, 15) is 23.2 Å². The van der Waals surface area contributed by atoms with Crippen LogP contribution in [0.3, 0.4) is 0 Å². The molecule has 0 N–H and O–H groups in total. The fourth-order valence-electron chi connectivity index (χ4n) is 2.97. The number of halogens is 2. The van der Waals surface area contributed by atoms with Crippen LogP contribution in [-0.2, 0) is 11.3 Å². The molecule has 3 aromatic rings. The maximum absolute atomic E-state index is 13.9. The third-order valence-electron chi connectivity index (χ3n) is 4.63. The SMILES string of the molecule is O=C(Oc1ccc(/C=C2\SC(=O)N(Cc3ccccc3F)C2=O)cc1)c1ccc(F)cc1. The van der Waals surface area contributed by atoms with Gasteiger partial charge in [-0.15, -0.1) is 0 Å². The molecule has 1 aliphatic rings. The highest BCUT2D eigenvalue weighted by Gasteiger charge is 2.35. The molecule has 0 bridgehead atoms. The highest BCUT2D eigenvalue weighted by molar-refractivity contribution is 8.18. The molecule has 0 spiro atoms. The van der Waals surface area contributed by atoms with E-state index in [0.29, 0.717) is 5.56 Å². The van der Waals surface area contributed by atoms with Crippen molar-refractivity contribution in [2.75, 3.05) is 0 Å². The molecule has 1 saturated heterocycles. The van der Waals surface area contributed by atoms with Crippen LogP contribution in [0.5, 0.6) is 5.75 Å². The van der Waals surface area contributed by atoms with Gasteiger partial charge in [-0.2, -0.15) is 0 Å². The van der Waals surface area contributed by atoms with Crippen LogP contribution in [0.2, 0.25) is 0 Å². The zero-order chi connectivity index (χ0) is 22.7. The Balaban J connectivity index is 1.44. The van der Waals surface area contributed by atoms with Crippen molar-refractivity contribution in [1.82, 2.24) is 4.90 Å². The van der Waals surface area contributed by atoms with Gasteiger partial charge in [0.25, 0.3) is 11.1 Å². The van der Waals surface area contributed by atoms with Crippen molar-refractivity contribution >= 4 is 35.0 Å². The van der Waals surface area contributed by atoms with E-state index in [1.54, 1.807) is 18.2 Å². The van der Waals surface area contributed by atoms with Gasteiger partial charge in [-0.3, -0.25) is 14.5 Å². The monoisotopic (exact) mass is 451 g/mol. The number of benzene rings is 3. The molecule has 8 heteroatoms. The van der Waals surface area contributed by atoms with E-state index < -0.39 is 28.8 Å². The van der Waals surface area contributed by atoms with E-state index in [-0.39, 0.29) is 28.3 Å². The molecule has 4 rings (SSSR count). The van der Waals surface area contributed by atoms with Gasteiger partial charge in [-0.25, -0.2) is 13.6 Å². The molecule has 1 heterocycles. The summed E-state index contributed by atoms with van der Waals surface area (Å²) in [6, 6.07) is 17.3. The Bertz CT molecular complexity index is 1220. The Labute approximate surface area is 186 Å². The maximum atomic E-state index is 13.9. The lowest BCUT2D eigenvalue weighted by Gasteiger charge is -2.12. The number of hydrogen-bond acceptors (Lipinski definition) is 5. The molecule has 3 aromatic carbocycles. The van der Waals surface area contributed by atoms with Gasteiger partial charge >= 0.3 is 5.97 Å². The Morgan fingerprint density at radius 3 is 2.31 bits per heavy atom. The van der Waals surface area contributed by atoms with Crippen LogP contribution in [0.25, 0.3) is 6.08 Å². The number of carbonyl (C=O) groups is 3. The van der Waals surface area contributed by atoms with Crippen molar-refractivity contribution in [3.63, 3.8) is 0 Å². The lowest BCUT2D eigenvalue weighted by Crippen LogP contribution is -2.27. The van der Waals surface area contributed by atoms with Crippen molar-refractivity contribution in [2.45, 2.75) is 6.54 Å². The second kappa shape index (κ2) is 9.15. The number of amides is 2. The van der Waals surface area contributed by atoms with Crippen molar-refractivity contribution in [3.8, 4) is 5.75 Å². The van der Waals surface area contributed by atoms with Crippen molar-refractivity contribution < 1.29 is 27.9 Å². The van der Waals surface area contributed by atoms with Gasteiger partial charge in [-0.05, 0) is 65.9 Å². The molecule has 0 aromatic heterocycles. The fraction of sp³-hybridized carbons (Fsp3) is 0.0417. The molecule has 32 heavy (non-hydrogen) atoms. The second-order valence-electron chi connectivity index (χ2n) is 6.82. The minimum atomic E-state index is -0.632. The van der Waals surface area contributed by atoms with Crippen LogP contribution < -0.4 is 4.74 Å². The van der Waals surface area contributed by atoms with Gasteiger partial charge in [0, 0.05) is 5.56 Å². The van der Waals surface area contributed by atoms with Gasteiger partial charge in [0.1, 0.15) is 17.4 Å². The quantitative estimate of drug-likeness (QED) is 0.294. The molecule has 5 nitrogen and oxygen atoms in total. The molecule has 0 radical (unpaired) electrons. The molecule has 0 atom stereocenters. The lowest BCUT2D eigenvalue weighted by atomic mass is 10.2. The van der Waals surface area contributed by atoms with Crippen LogP contribution in [-0.4, -0.2) is 22.0 Å². The number of nitrogens with zero attached hydrogens (tertiary/aromatic N) is 1. The number of ether oxygens (including phenoxy) is 1. The Kier molecular flexibility index (Phi) is 6.13. The number of esters is 1. The number of hydrogen-bond donors (Lipinski definition) is 0. The van der Waals surface area contributed by atoms with Gasteiger partial charge < -0.3 is 4.74 Å². The normalized spacial score (nSPS) is 14.8. The summed E-state index contributed by atoms with van der Waals surface area (Å²) in [6.45, 7) is -0.146. The zero-order valence-corrected chi connectivity index (χ0v) is 17.3. The minimum absolute atomic E-state index is 0.146. The molecular formula is C24H15F2NO4S. The predicted molar refractivity (Wildman–Crippen MR) is 116 cm³/mol. The van der Waals surface area contributed by atoms with E-state index in [1.807, 2.05) is 0 Å². The first-order valence-electron chi connectivity index (χ1n) is 9.47. The standard InChI is InChI=1S/C24H15F2NO4S/c25-18-9-7-16(8-10-18)23(29)31-19-11-5-15(6-12-19)13-21-22(28)27(24(30)32-21)14-17-3-1-2-4-20(17)26/h1-13H,14H2/b21-13-. The molecule has 1 fully saturated rings. The average molecular weight is 451 g/mol. The van der Waals surface area contributed by atoms with Crippen LogP contribution in [0.15, 0.2) is 77.7 Å². The summed E-state index contributed by atoms with van der Waals surface area (Å²) >= 11 is 0.775. The molecular weight excluding hydrogens is 436 g/mol. The lowest BCUT2D eigenvalue weighted by molar-refractivity contribution is -0.123. The van der Waals surface area contributed by atoms with Gasteiger partial charge in [0.15, 0.2) is 0 Å². The van der Waals surface area contributed by atoms with Gasteiger partial charge in [-0.1, -0.05) is 30.3 Å². The summed E-state index contributed by atoms with van der Waals surface area (Å²) in [4.78, 5) is 38.2. The molecule has 160 valence electrons. The smallest absolute Gasteiger partial charge is 0.343 e. The topological polar surface area (TPSA) is 63.7 Å². The van der Waals surface area contributed by atoms with Crippen LogP contribution in [0.1, 0.15) is 21.5 Å². The Morgan fingerprint density at radius 1 is 0.938 bits per heavy atom. The van der Waals surface area contributed by atoms with Gasteiger partial charge in [0.05, 0.1) is 17.0 Å². The van der Waals surface area contributed by atoms with E-state index in [2.05, 4.69) is 0 Å². The van der Waals surface area contributed by atoms with Crippen LogP contribution >= 0.6 is 11.8 Å². The van der Waals surface area contributed by atoms with Crippen LogP contribution in [0.4, 0.5) is 13.6 Å². The molecule has 0 unspecified atom stereocenters. The molecule has 2 amide bonds. The third kappa shape index (κ3) is 4.76. The zero-order valence-electron chi connectivity index (χ0n) is 16.5. The van der Waals surface area contributed by atoms with Gasteiger partial charge in [0.2, 0.25) is 0 Å². The van der Waals surface area contributed by atoms with E-state index in [4.69, 9.17) is 4.74 Å². The summed E-state index contributed by atoms with van der Waals surface area (Å²) in [5.41, 5.74) is 1.07. The summed E-state index contributed by atoms with van der Waals surface area (Å²) in [7, 11) is 0. The minimum Gasteiger partial charge on any atom is -0.423 e. The summed E-state index contributed by atoms with van der Waals surface area (Å²) in [5.74, 6) is -1.81. The molecule has 1 aliphatic heterocycles. The fourth-order valence-corrected chi connectivity index (χ4v) is 3.81. The van der Waals surface area contributed by atoms with Crippen molar-refractivity contribution in [1.29, 1.82) is 0 Å². The molecule has 0 saturated carbocycles. The third-order valence-corrected chi connectivity index (χ3v) is 5.54. The van der Waals surface area contributed by atoms with Crippen LogP contribution in [0, 0.1) is 11.6 Å². The number of thioether (sulfide) groups is 1. The summed E-state index contributed by atoms with van der Waals surface area (Å²) < 4.78 is 32.1. The van der Waals surface area contributed by atoms with E-state index in [0.717, 1.165) is 16.7 Å². The van der Waals surface area contributed by atoms with E-state index in [1.165, 1.54) is 60.7 Å². The Morgan fingerprint density at radius 2 is 1.62 bits per heavy atom.